The van der Waals surface area contributed by atoms with Gasteiger partial charge in [0.25, 0.3) is 0 Å². The molecule has 4 aromatic heterocycles. The number of hydrogen-bond acceptors (Lipinski definition) is 10. The Labute approximate surface area is 375 Å². The van der Waals surface area contributed by atoms with Crippen LogP contribution < -0.4 is 20.1 Å². The predicted molar refractivity (Wildman–Crippen MR) is 232 cm³/mol. The van der Waals surface area contributed by atoms with E-state index >= 15 is 0 Å². The number of ether oxygens (including phenoxy) is 4. The van der Waals surface area contributed by atoms with Crippen molar-refractivity contribution in [1.82, 2.24) is 18.8 Å². The highest BCUT2D eigenvalue weighted by molar-refractivity contribution is 9.10. The van der Waals surface area contributed by atoms with Crippen molar-refractivity contribution in [3.63, 3.8) is 0 Å². The summed E-state index contributed by atoms with van der Waals surface area (Å²) in [5.41, 5.74) is 6.81. The highest BCUT2D eigenvalue weighted by atomic mass is 79.9. The minimum atomic E-state index is -4.34. The number of hydrogen-bond donors (Lipinski definition) is 2. The van der Waals surface area contributed by atoms with Crippen molar-refractivity contribution in [2.75, 3.05) is 45.1 Å². The first kappa shape index (κ1) is 47.6. The molecule has 0 fully saturated rings. The third kappa shape index (κ3) is 11.7. The minimum absolute atomic E-state index is 0.0416. The summed E-state index contributed by atoms with van der Waals surface area (Å²) in [6, 6.07) is 17.6. The molecular formula is C45H40BrF7N6O6. The van der Waals surface area contributed by atoms with Crippen LogP contribution in [-0.2, 0) is 9.47 Å². The van der Waals surface area contributed by atoms with E-state index < -0.39 is 43.0 Å². The van der Waals surface area contributed by atoms with E-state index in [1.54, 1.807) is 83.8 Å². The summed E-state index contributed by atoms with van der Waals surface area (Å²) in [6.07, 6.45) is -3.96. The summed E-state index contributed by atoms with van der Waals surface area (Å²) in [4.78, 5) is 32.5. The number of rotatable bonds is 13. The van der Waals surface area contributed by atoms with Gasteiger partial charge in [-0.25, -0.2) is 23.9 Å². The molecule has 3 aromatic carbocycles. The van der Waals surface area contributed by atoms with E-state index in [4.69, 9.17) is 18.9 Å². The molecule has 0 bridgehead atoms. The molecule has 0 aliphatic rings. The number of alkyl halides is 6. The molecule has 0 amide bonds. The fourth-order valence-corrected chi connectivity index (χ4v) is 7.14. The molecule has 0 atom stereocenters. The van der Waals surface area contributed by atoms with Gasteiger partial charge in [-0.05, 0) is 83.4 Å². The van der Waals surface area contributed by atoms with E-state index in [1.165, 1.54) is 39.5 Å². The van der Waals surface area contributed by atoms with Gasteiger partial charge in [0.1, 0.15) is 11.5 Å². The van der Waals surface area contributed by atoms with Crippen LogP contribution in [0.25, 0.3) is 33.8 Å². The first-order valence-corrected chi connectivity index (χ1v) is 20.3. The number of esters is 2. The van der Waals surface area contributed by atoms with Crippen LogP contribution in [0.1, 0.15) is 44.7 Å². The average Bonchev–Trinajstić information content (AvgIpc) is 3.87. The average molecular weight is 974 g/mol. The van der Waals surface area contributed by atoms with Gasteiger partial charge < -0.3 is 29.6 Å². The number of imidazole rings is 2. The Kier molecular flexibility index (Phi) is 14.6. The number of anilines is 2. The Hall–Kier alpha value is -6.83. The standard InChI is InChI=1S/C26H23F4N3O4.C19H17BrF3N3O2/c1-15-10-16(4-6-19(15)25(34)36-3)22-13-32-24-21(31-9-8-26(28,29)30)12-18(14-33(22)24)37-17-5-7-23(35-2)20(27)11-17;1-11-7-12(3-4-14(11)18(27)28-2)16-9-25-17-15(8-13(20)10-26(16)17)24-6-5-19(21,22)23/h4-7,10-14,31H,8-9H2,1-3H3;3-4,7-10,24H,5-6H2,1-2H3. The fourth-order valence-electron chi connectivity index (χ4n) is 6.71. The summed E-state index contributed by atoms with van der Waals surface area (Å²) in [5, 5.41) is 5.57. The molecule has 0 saturated heterocycles. The lowest BCUT2D eigenvalue weighted by Crippen LogP contribution is -2.15. The van der Waals surface area contributed by atoms with Gasteiger partial charge in [-0.3, -0.25) is 8.80 Å². The second-order valence-electron chi connectivity index (χ2n) is 14.4. The summed E-state index contributed by atoms with van der Waals surface area (Å²) < 4.78 is 114. The van der Waals surface area contributed by atoms with Crippen molar-refractivity contribution in [2.45, 2.75) is 39.0 Å². The number of carbonyl (C=O) groups is 2. The van der Waals surface area contributed by atoms with E-state index in [-0.39, 0.29) is 30.3 Å². The van der Waals surface area contributed by atoms with Crippen molar-refractivity contribution in [3.05, 3.63) is 124 Å². The number of aryl methyl sites for hydroxylation is 2. The van der Waals surface area contributed by atoms with Crippen molar-refractivity contribution < 1.29 is 59.3 Å². The molecular weight excluding hydrogens is 933 g/mol. The first-order valence-electron chi connectivity index (χ1n) is 19.5. The number of halogens is 8. The normalized spacial score (nSPS) is 11.5. The van der Waals surface area contributed by atoms with Crippen LogP contribution >= 0.6 is 15.9 Å². The van der Waals surface area contributed by atoms with Gasteiger partial charge in [0, 0.05) is 47.0 Å². The van der Waals surface area contributed by atoms with Gasteiger partial charge >= 0.3 is 24.3 Å². The zero-order chi connectivity index (χ0) is 47.2. The van der Waals surface area contributed by atoms with Gasteiger partial charge in [-0.2, -0.15) is 26.3 Å². The van der Waals surface area contributed by atoms with Crippen LogP contribution in [0.5, 0.6) is 17.2 Å². The van der Waals surface area contributed by atoms with E-state index in [0.717, 1.165) is 22.9 Å². The van der Waals surface area contributed by atoms with Gasteiger partial charge in [0.15, 0.2) is 22.9 Å². The lowest BCUT2D eigenvalue weighted by molar-refractivity contribution is -0.132. The molecule has 12 nitrogen and oxygen atoms in total. The molecule has 0 radical (unpaired) electrons. The topological polar surface area (TPSA) is 130 Å². The lowest BCUT2D eigenvalue weighted by Gasteiger charge is -2.14. The smallest absolute Gasteiger partial charge is 0.390 e. The monoisotopic (exact) mass is 972 g/mol. The summed E-state index contributed by atoms with van der Waals surface area (Å²) >= 11 is 3.39. The Balaban J connectivity index is 0.000000224. The second-order valence-corrected chi connectivity index (χ2v) is 15.3. The number of methoxy groups -OCH3 is 3. The van der Waals surface area contributed by atoms with E-state index in [9.17, 15) is 40.3 Å². The van der Waals surface area contributed by atoms with Crippen LogP contribution in [0.2, 0.25) is 0 Å². The van der Waals surface area contributed by atoms with Crippen LogP contribution in [0.15, 0.2) is 96.0 Å². The molecule has 0 aliphatic carbocycles. The molecule has 65 heavy (non-hydrogen) atoms. The zero-order valence-corrected chi connectivity index (χ0v) is 36.8. The maximum absolute atomic E-state index is 14.2. The second kappa shape index (κ2) is 19.9. The molecule has 342 valence electrons. The molecule has 0 unspecified atom stereocenters. The van der Waals surface area contributed by atoms with Crippen LogP contribution in [0.4, 0.5) is 42.1 Å². The predicted octanol–water partition coefficient (Wildman–Crippen LogP) is 11.6. The highest BCUT2D eigenvalue weighted by Gasteiger charge is 2.27. The summed E-state index contributed by atoms with van der Waals surface area (Å²) in [5.74, 6) is -1.08. The summed E-state index contributed by atoms with van der Waals surface area (Å²) in [6.45, 7) is 2.94. The first-order chi connectivity index (χ1) is 30.8. The van der Waals surface area contributed by atoms with Crippen LogP contribution in [0, 0.1) is 19.7 Å². The molecule has 7 aromatic rings. The third-order valence-electron chi connectivity index (χ3n) is 9.81. The lowest BCUT2D eigenvalue weighted by atomic mass is 10.0. The van der Waals surface area contributed by atoms with Crippen LogP contribution in [-0.4, -0.2) is 77.5 Å². The number of fused-ring (bicyclic) bond motifs is 2. The van der Waals surface area contributed by atoms with Gasteiger partial charge in [-0.15, -0.1) is 0 Å². The molecule has 0 spiro atoms. The van der Waals surface area contributed by atoms with Gasteiger partial charge in [0.05, 0.1) is 86.7 Å². The number of nitrogens with one attached hydrogen (secondary N) is 2. The van der Waals surface area contributed by atoms with Crippen molar-refractivity contribution in [1.29, 1.82) is 0 Å². The Morgan fingerprint density at radius 3 is 1.60 bits per heavy atom. The molecule has 0 aliphatic heterocycles. The van der Waals surface area contributed by atoms with Crippen LogP contribution in [0.3, 0.4) is 0 Å². The fraction of sp³-hybridized carbons (Fsp3) is 0.244. The number of pyridine rings is 2. The summed E-state index contributed by atoms with van der Waals surface area (Å²) in [7, 11) is 3.96. The minimum Gasteiger partial charge on any atom is -0.494 e. The van der Waals surface area contributed by atoms with Crippen molar-refractivity contribution >= 4 is 50.5 Å². The maximum Gasteiger partial charge on any atom is 0.390 e. The van der Waals surface area contributed by atoms with Crippen molar-refractivity contribution in [2.24, 2.45) is 0 Å². The highest BCUT2D eigenvalue weighted by Crippen LogP contribution is 2.34. The van der Waals surface area contributed by atoms with Crippen molar-refractivity contribution in [3.8, 4) is 39.8 Å². The Morgan fingerprint density at radius 1 is 0.662 bits per heavy atom. The van der Waals surface area contributed by atoms with Gasteiger partial charge in [-0.1, -0.05) is 12.1 Å². The molecule has 2 N–H and O–H groups in total. The Bertz CT molecular complexity index is 2860. The molecule has 4 heterocycles. The van der Waals surface area contributed by atoms with E-state index in [1.807, 2.05) is 6.07 Å². The van der Waals surface area contributed by atoms with E-state index in [0.29, 0.717) is 55.1 Å². The molecule has 7 rings (SSSR count). The quantitative estimate of drug-likeness (QED) is 0.0851. The number of benzene rings is 3. The van der Waals surface area contributed by atoms with E-state index in [2.05, 4.69) is 36.5 Å². The zero-order valence-electron chi connectivity index (χ0n) is 35.3. The number of aromatic nitrogens is 4. The number of nitrogens with zero attached hydrogens (tertiary/aromatic N) is 4. The SMILES string of the molecule is COC(=O)c1ccc(-c2cnc3c(NCCC(F)(F)F)cc(Br)cn23)cc1C.COC(=O)c1ccc(-c2cnc3c(NCCC(F)(F)F)cc(Oc4ccc(OC)c(F)c4)cn23)cc1C. The Morgan fingerprint density at radius 2 is 1.15 bits per heavy atom. The molecule has 0 saturated carbocycles. The maximum atomic E-state index is 14.2. The number of carbonyl (C=O) groups excluding carboxylic acids is 2. The van der Waals surface area contributed by atoms with Gasteiger partial charge in [0.2, 0.25) is 0 Å². The molecule has 20 heteroatoms. The third-order valence-corrected chi connectivity index (χ3v) is 10.2. The largest absolute Gasteiger partial charge is 0.494 e.